The molecule has 2 aromatic carbocycles. The summed E-state index contributed by atoms with van der Waals surface area (Å²) in [5.41, 5.74) is -0.489. The minimum absolute atomic E-state index is 0.0145. The summed E-state index contributed by atoms with van der Waals surface area (Å²) < 4.78 is 27.9. The van der Waals surface area contributed by atoms with Gasteiger partial charge >= 0.3 is 0 Å². The number of aliphatic hydroxyl groups is 6. The molecule has 2 aliphatic rings. The summed E-state index contributed by atoms with van der Waals surface area (Å²) in [6, 6.07) is 7.98. The van der Waals surface area contributed by atoms with Crippen LogP contribution in [-0.4, -0.2) is 103 Å². The molecule has 216 valence electrons. The minimum atomic E-state index is -1.78. The van der Waals surface area contributed by atoms with E-state index >= 15 is 0 Å². The Morgan fingerprint density at radius 2 is 1.50 bits per heavy atom. The van der Waals surface area contributed by atoms with Crippen molar-refractivity contribution in [2.45, 2.75) is 62.2 Å². The van der Waals surface area contributed by atoms with Crippen molar-refractivity contribution in [3.05, 3.63) is 46.6 Å². The first-order chi connectivity index (χ1) is 19.0. The van der Waals surface area contributed by atoms with Crippen molar-refractivity contribution < 1.29 is 64.2 Å². The predicted octanol–water partition coefficient (Wildman–Crippen LogP) is -1.10. The van der Waals surface area contributed by atoms with Gasteiger partial charge in [0.2, 0.25) is 18.3 Å². The lowest BCUT2D eigenvalue weighted by Crippen LogP contribution is -2.58. The summed E-state index contributed by atoms with van der Waals surface area (Å²) >= 11 is 0. The Balaban J connectivity index is 1.61. The number of ether oxygens (including phenoxy) is 4. The van der Waals surface area contributed by atoms with E-state index < -0.39 is 84.6 Å². The Morgan fingerprint density at radius 1 is 0.825 bits per heavy atom. The smallest absolute Gasteiger partial charge is 0.229 e. The summed E-state index contributed by atoms with van der Waals surface area (Å²) in [5, 5.41) is 81.2. The van der Waals surface area contributed by atoms with Gasteiger partial charge in [0.05, 0.1) is 12.7 Å². The third kappa shape index (κ3) is 5.07. The van der Waals surface area contributed by atoms with Crippen LogP contribution in [0, 0.1) is 0 Å². The van der Waals surface area contributed by atoms with E-state index in [2.05, 4.69) is 0 Å². The molecule has 9 atom stereocenters. The Morgan fingerprint density at radius 3 is 2.20 bits per heavy atom. The van der Waals surface area contributed by atoms with E-state index in [0.717, 1.165) is 12.1 Å². The van der Waals surface area contributed by atoms with E-state index in [4.69, 9.17) is 23.4 Å². The van der Waals surface area contributed by atoms with E-state index in [1.807, 2.05) is 0 Å². The molecule has 0 unspecified atom stereocenters. The SMILES string of the molecule is C[C@@H]1O[C@@H](Oc2cc3oc(-c4ccc(O)cc4)cc(=O)c3c(O)c2O[C@@H]2OC[C@@H](O)[C@@H](O)[C@@H]2O)[C@H](O)[C@H](O)[C@H]1O. The summed E-state index contributed by atoms with van der Waals surface area (Å²) in [5.74, 6) is -1.73. The van der Waals surface area contributed by atoms with E-state index in [1.54, 1.807) is 0 Å². The third-order valence-electron chi connectivity index (χ3n) is 6.80. The quantitative estimate of drug-likeness (QED) is 0.184. The molecule has 3 aromatic rings. The normalized spacial score (nSPS) is 32.6. The molecule has 0 bridgehead atoms. The molecule has 2 aliphatic heterocycles. The van der Waals surface area contributed by atoms with Gasteiger partial charge in [-0.05, 0) is 31.2 Å². The van der Waals surface area contributed by atoms with Gasteiger partial charge < -0.3 is 64.2 Å². The topological polar surface area (TPSA) is 229 Å². The molecule has 14 heteroatoms. The molecule has 0 aliphatic carbocycles. The fourth-order valence-electron chi connectivity index (χ4n) is 4.47. The van der Waals surface area contributed by atoms with Gasteiger partial charge in [0, 0.05) is 17.7 Å². The highest BCUT2D eigenvalue weighted by Gasteiger charge is 2.44. The summed E-state index contributed by atoms with van der Waals surface area (Å²) in [4.78, 5) is 13.1. The molecular formula is C26H28O14. The maximum atomic E-state index is 13.1. The van der Waals surface area contributed by atoms with Crippen LogP contribution in [0.3, 0.4) is 0 Å². The van der Waals surface area contributed by atoms with Gasteiger partial charge in [-0.3, -0.25) is 4.79 Å². The van der Waals surface area contributed by atoms with Crippen molar-refractivity contribution >= 4 is 11.0 Å². The number of hydrogen-bond donors (Lipinski definition) is 8. The first-order valence-corrected chi connectivity index (χ1v) is 12.3. The van der Waals surface area contributed by atoms with Gasteiger partial charge in [-0.25, -0.2) is 0 Å². The Kier molecular flexibility index (Phi) is 7.60. The van der Waals surface area contributed by atoms with Crippen LogP contribution in [0.25, 0.3) is 22.3 Å². The molecule has 5 rings (SSSR count). The van der Waals surface area contributed by atoms with Gasteiger partial charge in [-0.1, -0.05) is 0 Å². The van der Waals surface area contributed by atoms with E-state index in [9.17, 15) is 45.6 Å². The van der Waals surface area contributed by atoms with Crippen LogP contribution < -0.4 is 14.9 Å². The van der Waals surface area contributed by atoms with Gasteiger partial charge in [0.15, 0.2) is 16.9 Å². The second kappa shape index (κ2) is 10.8. The third-order valence-corrected chi connectivity index (χ3v) is 6.80. The largest absolute Gasteiger partial charge is 0.508 e. The van der Waals surface area contributed by atoms with Crippen molar-refractivity contribution in [3.63, 3.8) is 0 Å². The molecule has 0 amide bonds. The van der Waals surface area contributed by atoms with Gasteiger partial charge in [-0.2, -0.15) is 0 Å². The van der Waals surface area contributed by atoms with Crippen LogP contribution in [0.5, 0.6) is 23.0 Å². The number of fused-ring (bicyclic) bond motifs is 1. The average Bonchev–Trinajstić information content (AvgIpc) is 2.92. The zero-order valence-electron chi connectivity index (χ0n) is 20.9. The van der Waals surface area contributed by atoms with Crippen molar-refractivity contribution in [2.24, 2.45) is 0 Å². The molecule has 2 fully saturated rings. The van der Waals surface area contributed by atoms with Crippen LogP contribution in [0.15, 0.2) is 45.6 Å². The zero-order chi connectivity index (χ0) is 28.9. The van der Waals surface area contributed by atoms with Gasteiger partial charge in [0.1, 0.15) is 59.1 Å². The number of aliphatic hydroxyl groups excluding tert-OH is 6. The average molecular weight is 564 g/mol. The predicted molar refractivity (Wildman–Crippen MR) is 133 cm³/mol. The molecule has 1 aromatic heterocycles. The Labute approximate surface area is 225 Å². The lowest BCUT2D eigenvalue weighted by molar-refractivity contribution is -0.269. The van der Waals surface area contributed by atoms with Crippen LogP contribution >= 0.6 is 0 Å². The number of rotatable bonds is 5. The fourth-order valence-corrected chi connectivity index (χ4v) is 4.47. The van der Waals surface area contributed by atoms with Crippen LogP contribution in [0.1, 0.15) is 6.92 Å². The molecule has 3 heterocycles. The first-order valence-electron chi connectivity index (χ1n) is 12.3. The second-order valence-electron chi connectivity index (χ2n) is 9.61. The summed E-state index contributed by atoms with van der Waals surface area (Å²) in [7, 11) is 0. The second-order valence-corrected chi connectivity index (χ2v) is 9.61. The molecule has 0 spiro atoms. The molecule has 0 radical (unpaired) electrons. The maximum Gasteiger partial charge on any atom is 0.229 e. The van der Waals surface area contributed by atoms with Crippen LogP contribution in [-0.2, 0) is 9.47 Å². The Hall–Kier alpha value is -3.47. The van der Waals surface area contributed by atoms with E-state index in [0.29, 0.717) is 5.56 Å². The lowest BCUT2D eigenvalue weighted by Gasteiger charge is -2.39. The first kappa shape index (κ1) is 28.1. The van der Waals surface area contributed by atoms with Gasteiger partial charge in [-0.15, -0.1) is 0 Å². The fraction of sp³-hybridized carbons (Fsp3) is 0.423. The van der Waals surface area contributed by atoms with E-state index in [1.165, 1.54) is 31.2 Å². The van der Waals surface area contributed by atoms with Crippen molar-refractivity contribution in [3.8, 4) is 34.3 Å². The highest BCUT2D eigenvalue weighted by atomic mass is 16.7. The highest BCUT2D eigenvalue weighted by Crippen LogP contribution is 2.45. The molecule has 14 nitrogen and oxygen atoms in total. The number of hydrogen-bond acceptors (Lipinski definition) is 14. The number of phenols is 2. The van der Waals surface area contributed by atoms with Crippen molar-refractivity contribution in [1.82, 2.24) is 0 Å². The van der Waals surface area contributed by atoms with Crippen molar-refractivity contribution in [1.29, 1.82) is 0 Å². The van der Waals surface area contributed by atoms with Crippen molar-refractivity contribution in [2.75, 3.05) is 6.61 Å². The maximum absolute atomic E-state index is 13.1. The minimum Gasteiger partial charge on any atom is -0.508 e. The zero-order valence-corrected chi connectivity index (χ0v) is 20.9. The highest BCUT2D eigenvalue weighted by molar-refractivity contribution is 5.89. The molecule has 40 heavy (non-hydrogen) atoms. The number of phenolic OH excluding ortho intramolecular Hbond substituents is 2. The molecular weight excluding hydrogens is 536 g/mol. The van der Waals surface area contributed by atoms with Gasteiger partial charge in [0.25, 0.3) is 0 Å². The summed E-state index contributed by atoms with van der Waals surface area (Å²) in [6.07, 6.45) is -14.0. The number of aromatic hydroxyl groups is 2. The summed E-state index contributed by atoms with van der Waals surface area (Å²) in [6.45, 7) is 0.991. The number of benzene rings is 2. The molecule has 8 N–H and O–H groups in total. The van der Waals surface area contributed by atoms with E-state index in [-0.39, 0.29) is 22.5 Å². The lowest BCUT2D eigenvalue weighted by atomic mass is 10.00. The standard InChI is InChI=1S/C26H28O14/c1-9-18(30)21(33)23(35)26(37-9)39-16-7-15-17(12(28)6-14(38-15)10-2-4-11(27)5-3-10)20(32)24(16)40-25-22(34)19(31)13(29)8-36-25/h2-7,9,13,18-19,21-23,25-27,29-35H,8H2,1H3/t9-,13+,18-,19+,21+,22-,23+,25-,26-/m0/s1. The molecule has 0 saturated carbocycles. The monoisotopic (exact) mass is 564 g/mol. The molecule has 2 saturated heterocycles. The Bertz CT molecular complexity index is 1420. The van der Waals surface area contributed by atoms with Crippen LogP contribution in [0.4, 0.5) is 0 Å². The van der Waals surface area contributed by atoms with Crippen LogP contribution in [0.2, 0.25) is 0 Å².